The van der Waals surface area contributed by atoms with E-state index in [-0.39, 0.29) is 10.7 Å². The van der Waals surface area contributed by atoms with Gasteiger partial charge in [-0.05, 0) is 53.8 Å². The van der Waals surface area contributed by atoms with E-state index in [0.717, 1.165) is 0 Å². The number of primary amides is 1. The van der Waals surface area contributed by atoms with Crippen LogP contribution in [0.1, 0.15) is 45.7 Å². The van der Waals surface area contributed by atoms with Crippen LogP contribution in [-0.2, 0) is 11.2 Å². The molecular weight excluding hydrogens is 405 g/mol. The summed E-state index contributed by atoms with van der Waals surface area (Å²) in [6.07, 6.45) is 2.38. The quantitative estimate of drug-likeness (QED) is 0.667. The van der Waals surface area contributed by atoms with Gasteiger partial charge in [-0.1, -0.05) is 48.0 Å². The van der Waals surface area contributed by atoms with Gasteiger partial charge in [0.25, 0.3) is 5.91 Å². The van der Waals surface area contributed by atoms with Gasteiger partial charge in [-0.3, -0.25) is 14.6 Å². The van der Waals surface area contributed by atoms with Crippen LogP contribution in [0.15, 0.2) is 66.9 Å². The lowest BCUT2D eigenvalue weighted by molar-refractivity contribution is -0.123. The Morgan fingerprint density at radius 3 is 2.53 bits per heavy atom. The van der Waals surface area contributed by atoms with Crippen molar-refractivity contribution in [2.45, 2.75) is 24.9 Å². The van der Waals surface area contributed by atoms with Gasteiger partial charge in [0.1, 0.15) is 17.6 Å². The number of hydrogen-bond donors (Lipinski definition) is 1. The summed E-state index contributed by atoms with van der Waals surface area (Å²) in [7, 11) is 0. The molecule has 0 bridgehead atoms. The van der Waals surface area contributed by atoms with E-state index in [9.17, 15) is 14.0 Å². The predicted octanol–water partition coefficient (Wildman–Crippen LogP) is 4.23. The highest BCUT2D eigenvalue weighted by Gasteiger charge is 2.40. The van der Waals surface area contributed by atoms with Crippen LogP contribution in [0.5, 0.6) is 0 Å². The van der Waals surface area contributed by atoms with Gasteiger partial charge >= 0.3 is 0 Å². The molecule has 1 aliphatic carbocycles. The highest BCUT2D eigenvalue weighted by molar-refractivity contribution is 6.30. The standard InChI is InChI=1S/C23H19ClFN3O2/c24-15-12-17-16(18(25)13-15)9-10-20(17)28(23(30)19-8-4-5-11-27-19)21(22(26)29)14-6-2-1-3-7-14/h1-8,11-13,20-21H,9-10H2,(H2,26,29)/t20-,21?/m1/s1. The molecule has 1 aliphatic rings. The molecule has 0 fully saturated rings. The van der Waals surface area contributed by atoms with Gasteiger partial charge in [0.15, 0.2) is 0 Å². The number of carbonyl (C=O) groups is 2. The molecule has 0 saturated carbocycles. The number of hydrogen-bond acceptors (Lipinski definition) is 3. The summed E-state index contributed by atoms with van der Waals surface area (Å²) in [6, 6.07) is 15.1. The van der Waals surface area contributed by atoms with E-state index >= 15 is 0 Å². The molecule has 2 aromatic carbocycles. The Kier molecular flexibility index (Phi) is 5.50. The number of nitrogens with two attached hydrogens (primary N) is 1. The van der Waals surface area contributed by atoms with E-state index in [0.29, 0.717) is 29.5 Å². The summed E-state index contributed by atoms with van der Waals surface area (Å²) in [5.41, 5.74) is 7.62. The van der Waals surface area contributed by atoms with Gasteiger partial charge < -0.3 is 10.6 Å². The number of nitrogens with zero attached hydrogens (tertiary/aromatic N) is 2. The molecule has 1 heterocycles. The largest absolute Gasteiger partial charge is 0.368 e. The number of benzene rings is 2. The Labute approximate surface area is 178 Å². The predicted molar refractivity (Wildman–Crippen MR) is 111 cm³/mol. The van der Waals surface area contributed by atoms with Crippen molar-refractivity contribution in [3.05, 3.63) is 100 Å². The smallest absolute Gasteiger partial charge is 0.273 e. The summed E-state index contributed by atoms with van der Waals surface area (Å²) < 4.78 is 14.5. The third kappa shape index (κ3) is 3.66. The second kappa shape index (κ2) is 8.24. The van der Waals surface area contributed by atoms with Crippen molar-refractivity contribution in [1.82, 2.24) is 9.88 Å². The SMILES string of the molecule is NC(=O)C(c1ccccc1)N(C(=O)c1ccccn1)[C@@H]1CCc2c(F)cc(Cl)cc21. The molecule has 4 rings (SSSR count). The number of amides is 2. The molecule has 1 unspecified atom stereocenters. The minimum Gasteiger partial charge on any atom is -0.368 e. The van der Waals surface area contributed by atoms with E-state index in [4.69, 9.17) is 17.3 Å². The summed E-state index contributed by atoms with van der Waals surface area (Å²) in [6.45, 7) is 0. The van der Waals surface area contributed by atoms with Gasteiger partial charge in [-0.15, -0.1) is 0 Å². The molecule has 3 aromatic rings. The number of aromatic nitrogens is 1. The zero-order valence-electron chi connectivity index (χ0n) is 16.0. The molecule has 2 amide bonds. The average molecular weight is 424 g/mol. The first-order chi connectivity index (χ1) is 14.5. The minimum absolute atomic E-state index is 0.177. The molecule has 5 nitrogen and oxygen atoms in total. The minimum atomic E-state index is -1.04. The Balaban J connectivity index is 1.88. The molecular formula is C23H19ClFN3O2. The van der Waals surface area contributed by atoms with Crippen LogP contribution in [0.2, 0.25) is 5.02 Å². The van der Waals surface area contributed by atoms with E-state index < -0.39 is 29.7 Å². The molecule has 30 heavy (non-hydrogen) atoms. The maximum Gasteiger partial charge on any atom is 0.273 e. The Hall–Kier alpha value is -3.25. The lowest BCUT2D eigenvalue weighted by atomic mass is 9.98. The first-order valence-electron chi connectivity index (χ1n) is 9.53. The molecule has 7 heteroatoms. The zero-order chi connectivity index (χ0) is 21.3. The van der Waals surface area contributed by atoms with Crippen LogP contribution in [-0.4, -0.2) is 21.7 Å². The van der Waals surface area contributed by atoms with Crippen LogP contribution in [0.4, 0.5) is 4.39 Å². The third-order valence-corrected chi connectivity index (χ3v) is 5.56. The van der Waals surface area contributed by atoms with Crippen molar-refractivity contribution >= 4 is 23.4 Å². The van der Waals surface area contributed by atoms with Crippen molar-refractivity contribution < 1.29 is 14.0 Å². The number of fused-ring (bicyclic) bond motifs is 1. The molecule has 1 aromatic heterocycles. The molecule has 0 spiro atoms. The van der Waals surface area contributed by atoms with Crippen molar-refractivity contribution in [3.8, 4) is 0 Å². The topological polar surface area (TPSA) is 76.3 Å². The van der Waals surface area contributed by atoms with Gasteiger partial charge in [0.2, 0.25) is 5.91 Å². The van der Waals surface area contributed by atoms with E-state index in [1.54, 1.807) is 48.5 Å². The van der Waals surface area contributed by atoms with Crippen LogP contribution < -0.4 is 5.73 Å². The van der Waals surface area contributed by atoms with Crippen LogP contribution in [0.3, 0.4) is 0 Å². The monoisotopic (exact) mass is 423 g/mol. The maximum absolute atomic E-state index is 14.5. The fourth-order valence-electron chi connectivity index (χ4n) is 4.07. The fourth-order valence-corrected chi connectivity index (χ4v) is 4.28. The van der Waals surface area contributed by atoms with Gasteiger partial charge in [0.05, 0.1) is 6.04 Å². The number of rotatable bonds is 5. The summed E-state index contributed by atoms with van der Waals surface area (Å²) >= 11 is 6.11. The van der Waals surface area contributed by atoms with E-state index in [2.05, 4.69) is 4.98 Å². The highest BCUT2D eigenvalue weighted by atomic mass is 35.5. The Morgan fingerprint density at radius 2 is 1.87 bits per heavy atom. The zero-order valence-corrected chi connectivity index (χ0v) is 16.7. The second-order valence-electron chi connectivity index (χ2n) is 7.15. The van der Waals surface area contributed by atoms with Crippen molar-refractivity contribution in [1.29, 1.82) is 0 Å². The first kappa shape index (κ1) is 20.0. The number of pyridine rings is 1. The Bertz CT molecular complexity index is 1090. The summed E-state index contributed by atoms with van der Waals surface area (Å²) in [5.74, 6) is -1.55. The number of halogens is 2. The van der Waals surface area contributed by atoms with Crippen LogP contribution in [0.25, 0.3) is 0 Å². The van der Waals surface area contributed by atoms with Crippen molar-refractivity contribution in [3.63, 3.8) is 0 Å². The van der Waals surface area contributed by atoms with Crippen LogP contribution in [0, 0.1) is 5.82 Å². The molecule has 2 atom stereocenters. The van der Waals surface area contributed by atoms with E-state index in [1.807, 2.05) is 6.07 Å². The lowest BCUT2D eigenvalue weighted by Gasteiger charge is -2.35. The molecule has 0 aliphatic heterocycles. The van der Waals surface area contributed by atoms with E-state index in [1.165, 1.54) is 17.2 Å². The van der Waals surface area contributed by atoms with Gasteiger partial charge in [-0.2, -0.15) is 0 Å². The fraction of sp³-hybridized carbons (Fsp3) is 0.174. The van der Waals surface area contributed by atoms with Crippen molar-refractivity contribution in [2.24, 2.45) is 5.73 Å². The normalized spacial score (nSPS) is 16.0. The number of carbonyl (C=O) groups excluding carboxylic acids is 2. The van der Waals surface area contributed by atoms with Crippen molar-refractivity contribution in [2.75, 3.05) is 0 Å². The summed E-state index contributed by atoms with van der Waals surface area (Å²) in [5, 5.41) is 0.235. The molecule has 0 saturated heterocycles. The lowest BCUT2D eigenvalue weighted by Crippen LogP contribution is -2.43. The molecule has 0 radical (unpaired) electrons. The summed E-state index contributed by atoms with van der Waals surface area (Å²) in [4.78, 5) is 31.7. The average Bonchev–Trinajstić information content (AvgIpc) is 3.16. The Morgan fingerprint density at radius 1 is 1.13 bits per heavy atom. The maximum atomic E-state index is 14.5. The molecule has 152 valence electrons. The third-order valence-electron chi connectivity index (χ3n) is 5.34. The van der Waals surface area contributed by atoms with Gasteiger partial charge in [0, 0.05) is 11.2 Å². The first-order valence-corrected chi connectivity index (χ1v) is 9.91. The second-order valence-corrected chi connectivity index (χ2v) is 7.59. The van der Waals surface area contributed by atoms with Gasteiger partial charge in [-0.25, -0.2) is 4.39 Å². The van der Waals surface area contributed by atoms with Crippen LogP contribution >= 0.6 is 11.6 Å². The molecule has 2 N–H and O–H groups in total. The highest BCUT2D eigenvalue weighted by Crippen LogP contribution is 2.43.